The molecule has 2 rings (SSSR count). The Balaban J connectivity index is 2.41. The van der Waals surface area contributed by atoms with Gasteiger partial charge >= 0.3 is 0 Å². The zero-order valence-corrected chi connectivity index (χ0v) is 14.5. The smallest absolute Gasteiger partial charge is 0.243 e. The van der Waals surface area contributed by atoms with Crippen LogP contribution >= 0.6 is 0 Å². The van der Waals surface area contributed by atoms with E-state index < -0.39 is 0 Å². The van der Waals surface area contributed by atoms with Crippen LogP contribution in [0.25, 0.3) is 11.0 Å². The standard InChI is InChI=1S/C18H24N4O2/c1-5-16(23)19-13(4)18-20-14-10-8-9-11-15(14)22(18)12-17(24)21(6-2)7-3/h5,8-11,13H,1,6-7,12H2,2-4H3,(H,19,23). The predicted octanol–water partition coefficient (Wildman–Crippen LogP) is 2.27. The molecule has 0 saturated heterocycles. The highest BCUT2D eigenvalue weighted by molar-refractivity contribution is 5.87. The summed E-state index contributed by atoms with van der Waals surface area (Å²) in [4.78, 5) is 30.5. The van der Waals surface area contributed by atoms with Crippen LogP contribution in [0.3, 0.4) is 0 Å². The normalized spacial score (nSPS) is 12.0. The number of nitrogens with one attached hydrogen (secondary N) is 1. The van der Waals surface area contributed by atoms with Crippen molar-refractivity contribution in [3.8, 4) is 0 Å². The fourth-order valence-corrected chi connectivity index (χ4v) is 2.74. The summed E-state index contributed by atoms with van der Waals surface area (Å²) in [6, 6.07) is 7.33. The van der Waals surface area contributed by atoms with Gasteiger partial charge < -0.3 is 14.8 Å². The average molecular weight is 328 g/mol. The van der Waals surface area contributed by atoms with Crippen molar-refractivity contribution >= 4 is 22.8 Å². The van der Waals surface area contributed by atoms with Gasteiger partial charge in [-0.15, -0.1) is 0 Å². The number of para-hydroxylation sites is 2. The summed E-state index contributed by atoms with van der Waals surface area (Å²) >= 11 is 0. The quantitative estimate of drug-likeness (QED) is 0.793. The van der Waals surface area contributed by atoms with E-state index in [1.54, 1.807) is 4.90 Å². The van der Waals surface area contributed by atoms with E-state index in [9.17, 15) is 9.59 Å². The van der Waals surface area contributed by atoms with Crippen molar-refractivity contribution in [2.24, 2.45) is 0 Å². The molecule has 128 valence electrons. The lowest BCUT2D eigenvalue weighted by Gasteiger charge is -2.21. The van der Waals surface area contributed by atoms with Crippen molar-refractivity contribution in [1.29, 1.82) is 0 Å². The molecule has 0 spiro atoms. The van der Waals surface area contributed by atoms with Crippen molar-refractivity contribution in [2.45, 2.75) is 33.4 Å². The van der Waals surface area contributed by atoms with Gasteiger partial charge in [-0.2, -0.15) is 0 Å². The second-order valence-corrected chi connectivity index (χ2v) is 5.55. The maximum Gasteiger partial charge on any atom is 0.243 e. The number of carbonyl (C=O) groups excluding carboxylic acids is 2. The van der Waals surface area contributed by atoms with Crippen LogP contribution < -0.4 is 5.32 Å². The van der Waals surface area contributed by atoms with Gasteiger partial charge in [0.2, 0.25) is 11.8 Å². The second kappa shape index (κ2) is 7.77. The van der Waals surface area contributed by atoms with Gasteiger partial charge in [0.15, 0.2) is 0 Å². The topological polar surface area (TPSA) is 67.2 Å². The summed E-state index contributed by atoms with van der Waals surface area (Å²) in [7, 11) is 0. The molecule has 2 aromatic rings. The Bertz CT molecular complexity index is 747. The van der Waals surface area contributed by atoms with Gasteiger partial charge in [-0.25, -0.2) is 4.98 Å². The number of likely N-dealkylation sites (N-methyl/N-ethyl adjacent to an activating group) is 1. The second-order valence-electron chi connectivity index (χ2n) is 5.55. The van der Waals surface area contributed by atoms with Crippen molar-refractivity contribution in [3.05, 3.63) is 42.7 Å². The molecule has 1 unspecified atom stereocenters. The highest BCUT2D eigenvalue weighted by Crippen LogP contribution is 2.21. The van der Waals surface area contributed by atoms with Crippen LogP contribution in [0, 0.1) is 0 Å². The molecule has 0 saturated carbocycles. The molecule has 2 amide bonds. The molecule has 1 aromatic heterocycles. The number of aromatic nitrogens is 2. The van der Waals surface area contributed by atoms with E-state index >= 15 is 0 Å². The molecule has 6 nitrogen and oxygen atoms in total. The molecule has 6 heteroatoms. The molecule has 24 heavy (non-hydrogen) atoms. The first-order valence-electron chi connectivity index (χ1n) is 8.17. The van der Waals surface area contributed by atoms with Crippen LogP contribution in [0.4, 0.5) is 0 Å². The van der Waals surface area contributed by atoms with E-state index in [-0.39, 0.29) is 24.4 Å². The fourth-order valence-electron chi connectivity index (χ4n) is 2.74. The lowest BCUT2D eigenvalue weighted by Crippen LogP contribution is -2.35. The van der Waals surface area contributed by atoms with Crippen LogP contribution in [-0.2, 0) is 16.1 Å². The Hall–Kier alpha value is -2.63. The molecule has 0 fully saturated rings. The van der Waals surface area contributed by atoms with Crippen molar-refractivity contribution in [3.63, 3.8) is 0 Å². The van der Waals surface area contributed by atoms with Gasteiger partial charge in [0.1, 0.15) is 12.4 Å². The largest absolute Gasteiger partial charge is 0.343 e. The fraction of sp³-hybridized carbons (Fsp3) is 0.389. The van der Waals surface area contributed by atoms with E-state index in [1.807, 2.05) is 49.6 Å². The SMILES string of the molecule is C=CC(=O)NC(C)c1nc2ccccc2n1CC(=O)N(CC)CC. The van der Waals surface area contributed by atoms with Gasteiger partial charge in [-0.3, -0.25) is 9.59 Å². The van der Waals surface area contributed by atoms with Crippen molar-refractivity contribution < 1.29 is 9.59 Å². The number of rotatable bonds is 7. The van der Waals surface area contributed by atoms with Gasteiger partial charge in [-0.1, -0.05) is 18.7 Å². The van der Waals surface area contributed by atoms with Crippen LogP contribution in [0.2, 0.25) is 0 Å². The van der Waals surface area contributed by atoms with Crippen LogP contribution in [-0.4, -0.2) is 39.4 Å². The highest BCUT2D eigenvalue weighted by Gasteiger charge is 2.20. The Kier molecular flexibility index (Phi) is 5.73. The van der Waals surface area contributed by atoms with E-state index in [0.29, 0.717) is 18.9 Å². The minimum atomic E-state index is -0.326. The number of imidazole rings is 1. The zero-order chi connectivity index (χ0) is 17.7. The maximum atomic E-state index is 12.5. The summed E-state index contributed by atoms with van der Waals surface area (Å²) in [5.74, 6) is 0.426. The number of carbonyl (C=O) groups is 2. The summed E-state index contributed by atoms with van der Waals surface area (Å²) in [6.07, 6.45) is 1.23. The first-order valence-corrected chi connectivity index (χ1v) is 8.17. The van der Waals surface area contributed by atoms with Gasteiger partial charge in [0, 0.05) is 13.1 Å². The Morgan fingerprint density at radius 1 is 1.33 bits per heavy atom. The third-order valence-corrected chi connectivity index (χ3v) is 4.03. The molecule has 1 aromatic carbocycles. The number of benzene rings is 1. The lowest BCUT2D eigenvalue weighted by molar-refractivity contribution is -0.131. The lowest BCUT2D eigenvalue weighted by atomic mass is 10.3. The first-order chi connectivity index (χ1) is 11.5. The molecular weight excluding hydrogens is 304 g/mol. The third-order valence-electron chi connectivity index (χ3n) is 4.03. The molecule has 1 heterocycles. The Morgan fingerprint density at radius 2 is 2.00 bits per heavy atom. The third kappa shape index (κ3) is 3.64. The van der Waals surface area contributed by atoms with Crippen molar-refractivity contribution in [2.75, 3.05) is 13.1 Å². The van der Waals surface area contributed by atoms with Crippen LogP contribution in [0.15, 0.2) is 36.9 Å². The Labute approximate surface area is 142 Å². The zero-order valence-electron chi connectivity index (χ0n) is 14.5. The minimum Gasteiger partial charge on any atom is -0.343 e. The molecule has 1 N–H and O–H groups in total. The van der Waals surface area contributed by atoms with Gasteiger partial charge in [-0.05, 0) is 39.0 Å². The molecule has 0 radical (unpaired) electrons. The monoisotopic (exact) mass is 328 g/mol. The predicted molar refractivity (Wildman–Crippen MR) is 94.4 cm³/mol. The Morgan fingerprint density at radius 3 is 2.62 bits per heavy atom. The van der Waals surface area contributed by atoms with E-state index in [0.717, 1.165) is 11.0 Å². The average Bonchev–Trinajstić information content (AvgIpc) is 2.94. The van der Waals surface area contributed by atoms with Gasteiger partial charge in [0.05, 0.1) is 17.1 Å². The molecular formula is C18H24N4O2. The number of hydrogen-bond donors (Lipinski definition) is 1. The molecule has 0 aliphatic carbocycles. The summed E-state index contributed by atoms with van der Waals surface area (Å²) in [5, 5.41) is 2.81. The van der Waals surface area contributed by atoms with Gasteiger partial charge in [0.25, 0.3) is 0 Å². The van der Waals surface area contributed by atoms with E-state index in [2.05, 4.69) is 16.9 Å². The number of amides is 2. The van der Waals surface area contributed by atoms with Crippen LogP contribution in [0.5, 0.6) is 0 Å². The summed E-state index contributed by atoms with van der Waals surface area (Å²) in [5.41, 5.74) is 1.69. The molecule has 0 aliphatic rings. The summed E-state index contributed by atoms with van der Waals surface area (Å²) in [6.45, 7) is 10.8. The molecule has 0 bridgehead atoms. The van der Waals surface area contributed by atoms with E-state index in [1.165, 1.54) is 6.08 Å². The summed E-state index contributed by atoms with van der Waals surface area (Å²) < 4.78 is 1.88. The minimum absolute atomic E-state index is 0.0339. The number of fused-ring (bicyclic) bond motifs is 1. The van der Waals surface area contributed by atoms with Crippen molar-refractivity contribution in [1.82, 2.24) is 19.8 Å². The van der Waals surface area contributed by atoms with E-state index in [4.69, 9.17) is 0 Å². The number of nitrogens with zero attached hydrogens (tertiary/aromatic N) is 3. The van der Waals surface area contributed by atoms with Crippen LogP contribution in [0.1, 0.15) is 32.6 Å². The molecule has 1 atom stereocenters. The molecule has 0 aliphatic heterocycles. The maximum absolute atomic E-state index is 12.5. The first kappa shape index (κ1) is 17.7. The highest BCUT2D eigenvalue weighted by atomic mass is 16.2. The number of hydrogen-bond acceptors (Lipinski definition) is 3.